The minimum atomic E-state index is -0.726. The van der Waals surface area contributed by atoms with E-state index < -0.39 is 17.7 Å². The van der Waals surface area contributed by atoms with Gasteiger partial charge in [-0.1, -0.05) is 11.6 Å². The fourth-order valence-corrected chi connectivity index (χ4v) is 2.80. The number of nitrogens with one attached hydrogen (secondary N) is 1. The number of carbonyl (C=O) groups is 3. The second-order valence-electron chi connectivity index (χ2n) is 5.56. The number of benzene rings is 1. The van der Waals surface area contributed by atoms with Crippen LogP contribution in [0.5, 0.6) is 5.75 Å². The van der Waals surface area contributed by atoms with Crippen LogP contribution >= 0.6 is 11.6 Å². The summed E-state index contributed by atoms with van der Waals surface area (Å²) in [6.45, 7) is 4.86. The van der Waals surface area contributed by atoms with E-state index >= 15 is 0 Å². The molecule has 0 unspecified atom stereocenters. The van der Waals surface area contributed by atoms with Gasteiger partial charge in [-0.2, -0.15) is 0 Å². The number of carbonyl (C=O) groups excluding carboxylic acids is 3. The van der Waals surface area contributed by atoms with Gasteiger partial charge in [-0.25, -0.2) is 4.79 Å². The van der Waals surface area contributed by atoms with Crippen molar-refractivity contribution in [3.8, 4) is 5.75 Å². The molecule has 0 aliphatic carbocycles. The van der Waals surface area contributed by atoms with E-state index in [1.165, 1.54) is 18.2 Å². The Morgan fingerprint density at radius 2 is 1.81 bits per heavy atom. The van der Waals surface area contributed by atoms with Gasteiger partial charge in [0, 0.05) is 16.4 Å². The molecule has 8 heteroatoms. The first-order valence-corrected chi connectivity index (χ1v) is 8.25. The number of H-pyrrole nitrogens is 1. The number of esters is 1. The van der Waals surface area contributed by atoms with Crippen molar-refractivity contribution in [2.45, 2.75) is 20.8 Å². The van der Waals surface area contributed by atoms with Crippen LogP contribution in [0.2, 0.25) is 5.02 Å². The van der Waals surface area contributed by atoms with Crippen molar-refractivity contribution < 1.29 is 23.9 Å². The number of hydrogen-bond donors (Lipinski definition) is 2. The topological polar surface area (TPSA) is 111 Å². The van der Waals surface area contributed by atoms with E-state index in [-0.39, 0.29) is 35.7 Å². The van der Waals surface area contributed by atoms with Crippen LogP contribution in [0.15, 0.2) is 18.2 Å². The molecule has 1 aromatic heterocycles. The Kier molecular flexibility index (Phi) is 6.05. The maximum Gasteiger partial charge on any atom is 0.340 e. The van der Waals surface area contributed by atoms with Crippen molar-refractivity contribution in [1.82, 2.24) is 4.98 Å². The number of hydrogen-bond acceptors (Lipinski definition) is 5. The fourth-order valence-electron chi connectivity index (χ4n) is 2.62. The minimum Gasteiger partial charge on any atom is -0.485 e. The number of primary amides is 1. The summed E-state index contributed by atoms with van der Waals surface area (Å²) in [5, 5.41) is 0.319. The molecule has 2 aromatic rings. The Morgan fingerprint density at radius 1 is 1.15 bits per heavy atom. The highest BCUT2D eigenvalue weighted by molar-refractivity contribution is 6.31. The Labute approximate surface area is 155 Å². The van der Waals surface area contributed by atoms with Gasteiger partial charge in [0.25, 0.3) is 5.91 Å². The molecule has 3 N–H and O–H groups in total. The Morgan fingerprint density at radius 3 is 2.42 bits per heavy atom. The van der Waals surface area contributed by atoms with Gasteiger partial charge in [0.05, 0.1) is 23.3 Å². The molecule has 0 saturated carbocycles. The van der Waals surface area contributed by atoms with Crippen LogP contribution in [0.25, 0.3) is 0 Å². The largest absolute Gasteiger partial charge is 0.485 e. The van der Waals surface area contributed by atoms with Crippen molar-refractivity contribution >= 4 is 29.3 Å². The molecule has 138 valence electrons. The average molecular weight is 379 g/mol. The van der Waals surface area contributed by atoms with E-state index in [0.717, 1.165) is 0 Å². The van der Waals surface area contributed by atoms with E-state index in [1.807, 2.05) is 0 Å². The highest BCUT2D eigenvalue weighted by Gasteiger charge is 2.26. The standard InChI is InChI=1S/C18H19ClN2O5/c1-4-25-18(24)16-10(3)21-9(2)15(16)13(22)8-26-14-6-5-11(19)7-12(14)17(20)23/h5-7,21H,4,8H2,1-3H3,(H2,20,23). The van der Waals surface area contributed by atoms with Gasteiger partial charge in [-0.15, -0.1) is 0 Å². The maximum absolute atomic E-state index is 12.6. The van der Waals surface area contributed by atoms with E-state index in [2.05, 4.69) is 4.98 Å². The van der Waals surface area contributed by atoms with Crippen LogP contribution in [0.4, 0.5) is 0 Å². The summed E-state index contributed by atoms with van der Waals surface area (Å²) in [6, 6.07) is 4.33. The molecule has 0 atom stereocenters. The van der Waals surface area contributed by atoms with E-state index in [9.17, 15) is 14.4 Å². The lowest BCUT2D eigenvalue weighted by molar-refractivity contribution is 0.0522. The fraction of sp³-hybridized carbons (Fsp3) is 0.278. The molecule has 2 rings (SSSR count). The predicted octanol–water partition coefficient (Wildman–Crippen LogP) is 2.82. The normalized spacial score (nSPS) is 10.5. The molecule has 0 bridgehead atoms. The molecule has 0 aliphatic heterocycles. The maximum atomic E-state index is 12.6. The number of Topliss-reactive ketones (excluding diaryl/α,β-unsaturated/α-hetero) is 1. The molecule has 7 nitrogen and oxygen atoms in total. The SMILES string of the molecule is CCOC(=O)c1c(C)[nH]c(C)c1C(=O)COc1ccc(Cl)cc1C(N)=O. The Balaban J connectivity index is 2.27. The summed E-state index contributed by atoms with van der Waals surface area (Å²) >= 11 is 5.84. The third kappa shape index (κ3) is 4.05. The van der Waals surface area contributed by atoms with E-state index in [0.29, 0.717) is 16.4 Å². The average Bonchev–Trinajstić information content (AvgIpc) is 2.87. The predicted molar refractivity (Wildman–Crippen MR) is 96.0 cm³/mol. The van der Waals surface area contributed by atoms with Crippen molar-refractivity contribution in [1.29, 1.82) is 0 Å². The minimum absolute atomic E-state index is 0.0675. The molecule has 0 radical (unpaired) electrons. The van der Waals surface area contributed by atoms with Gasteiger partial charge in [0.15, 0.2) is 6.61 Å². The number of rotatable bonds is 7. The first-order chi connectivity index (χ1) is 12.3. The number of aromatic nitrogens is 1. The van der Waals surface area contributed by atoms with E-state index in [4.69, 9.17) is 26.8 Å². The number of halogens is 1. The highest BCUT2D eigenvalue weighted by atomic mass is 35.5. The smallest absolute Gasteiger partial charge is 0.340 e. The van der Waals surface area contributed by atoms with Crippen LogP contribution in [-0.2, 0) is 4.74 Å². The third-order valence-corrected chi connectivity index (χ3v) is 3.93. The monoisotopic (exact) mass is 378 g/mol. The number of nitrogens with two attached hydrogens (primary N) is 1. The van der Waals surface area contributed by atoms with Crippen LogP contribution in [-0.4, -0.2) is 35.9 Å². The number of ketones is 1. The zero-order valence-electron chi connectivity index (χ0n) is 14.6. The number of ether oxygens (including phenoxy) is 2. The Bertz CT molecular complexity index is 873. The number of amides is 1. The summed E-state index contributed by atoms with van der Waals surface area (Å²) in [6.07, 6.45) is 0. The van der Waals surface area contributed by atoms with Gasteiger partial charge >= 0.3 is 5.97 Å². The lowest BCUT2D eigenvalue weighted by Crippen LogP contribution is -2.19. The van der Waals surface area contributed by atoms with Gasteiger partial charge in [0.1, 0.15) is 5.75 Å². The number of aryl methyl sites for hydroxylation is 2. The van der Waals surface area contributed by atoms with Gasteiger partial charge < -0.3 is 20.2 Å². The number of aromatic amines is 1. The summed E-state index contributed by atoms with van der Waals surface area (Å²) < 4.78 is 10.5. The van der Waals surface area contributed by atoms with Crippen molar-refractivity contribution in [3.63, 3.8) is 0 Å². The Hall–Kier alpha value is -2.80. The summed E-state index contributed by atoms with van der Waals surface area (Å²) in [7, 11) is 0. The van der Waals surface area contributed by atoms with Crippen molar-refractivity contribution in [2.24, 2.45) is 5.73 Å². The van der Waals surface area contributed by atoms with Gasteiger partial charge in [-0.05, 0) is 39.0 Å². The first-order valence-electron chi connectivity index (χ1n) is 7.87. The molecule has 0 spiro atoms. The molecule has 1 amide bonds. The molecule has 0 aliphatic rings. The molecule has 26 heavy (non-hydrogen) atoms. The zero-order chi connectivity index (χ0) is 19.4. The highest BCUT2D eigenvalue weighted by Crippen LogP contribution is 2.24. The lowest BCUT2D eigenvalue weighted by atomic mass is 10.1. The molecule has 1 aromatic carbocycles. The van der Waals surface area contributed by atoms with Crippen LogP contribution in [0.3, 0.4) is 0 Å². The van der Waals surface area contributed by atoms with Crippen LogP contribution < -0.4 is 10.5 Å². The summed E-state index contributed by atoms with van der Waals surface area (Å²) in [5.74, 6) is -1.60. The van der Waals surface area contributed by atoms with Crippen LogP contribution in [0.1, 0.15) is 49.4 Å². The van der Waals surface area contributed by atoms with Crippen molar-refractivity contribution in [2.75, 3.05) is 13.2 Å². The second kappa shape index (κ2) is 8.05. The molecular formula is C18H19ClN2O5. The van der Waals surface area contributed by atoms with Gasteiger partial charge in [-0.3, -0.25) is 9.59 Å². The van der Waals surface area contributed by atoms with Gasteiger partial charge in [0.2, 0.25) is 5.78 Å². The summed E-state index contributed by atoms with van der Waals surface area (Å²) in [4.78, 5) is 39.2. The van der Waals surface area contributed by atoms with Crippen molar-refractivity contribution in [3.05, 3.63) is 51.3 Å². The molecule has 0 fully saturated rings. The molecule has 1 heterocycles. The van der Waals surface area contributed by atoms with E-state index in [1.54, 1.807) is 20.8 Å². The second-order valence-corrected chi connectivity index (χ2v) is 6.00. The summed E-state index contributed by atoms with van der Waals surface area (Å²) in [5.41, 5.74) is 6.82. The zero-order valence-corrected chi connectivity index (χ0v) is 15.4. The third-order valence-electron chi connectivity index (χ3n) is 3.70. The molecular weight excluding hydrogens is 360 g/mol. The molecule has 0 saturated heterocycles. The van der Waals surface area contributed by atoms with Crippen LogP contribution in [0, 0.1) is 13.8 Å². The lowest BCUT2D eigenvalue weighted by Gasteiger charge is -2.10. The first kappa shape index (κ1) is 19.5. The quantitative estimate of drug-likeness (QED) is 0.568.